The molecule has 0 aliphatic rings. The molecule has 1 N–H and O–H groups in total. The van der Waals surface area contributed by atoms with Crippen molar-refractivity contribution in [3.63, 3.8) is 0 Å². The van der Waals surface area contributed by atoms with Gasteiger partial charge in [0.15, 0.2) is 0 Å². The van der Waals surface area contributed by atoms with Gasteiger partial charge in [0.05, 0.1) is 6.07 Å². The smallest absolute Gasteiger partial charge is 0.115 e. The van der Waals surface area contributed by atoms with Crippen LogP contribution >= 0.6 is 0 Å². The zero-order valence-corrected chi connectivity index (χ0v) is 8.23. The molecule has 66 valence electrons. The Morgan fingerprint density at radius 3 is 2.17 bits per heavy atom. The molecule has 0 fully saturated rings. The van der Waals surface area contributed by atoms with Gasteiger partial charge in [0, 0.05) is 5.71 Å². The molecule has 0 aliphatic carbocycles. The van der Waals surface area contributed by atoms with Gasteiger partial charge in [0.1, 0.15) is 5.41 Å². The maximum atomic E-state index is 9.02. The predicted octanol–water partition coefficient (Wildman–Crippen LogP) is 2.91. The highest BCUT2D eigenvalue weighted by atomic mass is 14.5. The zero-order valence-electron chi connectivity index (χ0n) is 8.23. The zero-order chi connectivity index (χ0) is 9.78. The number of nitriles is 1. The maximum absolute atomic E-state index is 9.02. The van der Waals surface area contributed by atoms with Gasteiger partial charge in [-0.1, -0.05) is 18.6 Å². The topological polar surface area (TPSA) is 47.6 Å². The van der Waals surface area contributed by atoms with Crippen LogP contribution in [0.25, 0.3) is 0 Å². The molecule has 0 saturated heterocycles. The number of nitrogens with zero attached hydrogens (tertiary/aromatic N) is 1. The summed E-state index contributed by atoms with van der Waals surface area (Å²) in [5.41, 5.74) is 0.748. The first-order valence-electron chi connectivity index (χ1n) is 4.15. The molecule has 2 heteroatoms. The fraction of sp³-hybridized carbons (Fsp3) is 0.600. The molecule has 0 saturated carbocycles. The summed E-state index contributed by atoms with van der Waals surface area (Å²) in [4.78, 5) is 0. The van der Waals surface area contributed by atoms with Gasteiger partial charge in [0.2, 0.25) is 0 Å². The summed E-state index contributed by atoms with van der Waals surface area (Å²) in [6, 6.07) is 2.22. The van der Waals surface area contributed by atoms with E-state index in [0.717, 1.165) is 5.57 Å². The van der Waals surface area contributed by atoms with Crippen LogP contribution in [-0.2, 0) is 0 Å². The standard InChI is InChI=1S/C10H16N2/c1-5-8(3)10(6-2,7-11)9(4)12/h5,12H,6H2,1-4H3/b8-5+,12-9?. The number of hydrogen-bond donors (Lipinski definition) is 1. The van der Waals surface area contributed by atoms with E-state index in [9.17, 15) is 0 Å². The average Bonchev–Trinajstić information content (AvgIpc) is 2.06. The van der Waals surface area contributed by atoms with Crippen molar-refractivity contribution < 1.29 is 0 Å². The third-order valence-electron chi connectivity index (χ3n) is 2.47. The van der Waals surface area contributed by atoms with Crippen LogP contribution in [0.5, 0.6) is 0 Å². The minimum atomic E-state index is -0.658. The molecule has 0 aromatic carbocycles. The summed E-state index contributed by atoms with van der Waals surface area (Å²) >= 11 is 0. The molecule has 0 heterocycles. The Bertz CT molecular complexity index is 245. The minimum absolute atomic E-state index is 0.433. The Kier molecular flexibility index (Phi) is 3.69. The molecule has 0 radical (unpaired) electrons. The quantitative estimate of drug-likeness (QED) is 0.506. The van der Waals surface area contributed by atoms with E-state index in [1.54, 1.807) is 6.92 Å². The fourth-order valence-corrected chi connectivity index (χ4v) is 1.34. The number of allylic oxidation sites excluding steroid dienone is 2. The number of rotatable bonds is 3. The van der Waals surface area contributed by atoms with Crippen molar-refractivity contribution in [1.82, 2.24) is 0 Å². The molecule has 1 atom stereocenters. The molecule has 0 aromatic rings. The van der Waals surface area contributed by atoms with Crippen LogP contribution in [0.1, 0.15) is 34.1 Å². The largest absolute Gasteiger partial charge is 0.308 e. The molecular weight excluding hydrogens is 148 g/mol. The third-order valence-corrected chi connectivity index (χ3v) is 2.47. The van der Waals surface area contributed by atoms with Gasteiger partial charge >= 0.3 is 0 Å². The number of hydrogen-bond acceptors (Lipinski definition) is 2. The van der Waals surface area contributed by atoms with E-state index in [2.05, 4.69) is 6.07 Å². The van der Waals surface area contributed by atoms with Gasteiger partial charge in [-0.05, 0) is 27.2 Å². The maximum Gasteiger partial charge on any atom is 0.115 e. The first kappa shape index (κ1) is 10.9. The van der Waals surface area contributed by atoms with E-state index < -0.39 is 5.41 Å². The van der Waals surface area contributed by atoms with Gasteiger partial charge in [-0.2, -0.15) is 5.26 Å². The summed E-state index contributed by atoms with van der Waals surface area (Å²) in [7, 11) is 0. The third kappa shape index (κ3) is 1.55. The Hall–Kier alpha value is -1.10. The molecule has 2 nitrogen and oxygen atoms in total. The van der Waals surface area contributed by atoms with Crippen molar-refractivity contribution in [3.8, 4) is 6.07 Å². The normalized spacial score (nSPS) is 16.4. The summed E-state index contributed by atoms with van der Waals surface area (Å²) < 4.78 is 0. The first-order valence-corrected chi connectivity index (χ1v) is 4.15. The van der Waals surface area contributed by atoms with E-state index in [4.69, 9.17) is 10.7 Å². The van der Waals surface area contributed by atoms with Crippen LogP contribution in [0.3, 0.4) is 0 Å². The minimum Gasteiger partial charge on any atom is -0.308 e. The van der Waals surface area contributed by atoms with E-state index in [1.165, 1.54) is 0 Å². The lowest BCUT2D eigenvalue weighted by atomic mass is 9.76. The van der Waals surface area contributed by atoms with Gasteiger partial charge in [-0.25, -0.2) is 0 Å². The molecule has 0 aliphatic heterocycles. The van der Waals surface area contributed by atoms with Crippen LogP contribution in [0.15, 0.2) is 11.6 Å². The van der Waals surface area contributed by atoms with Crippen LogP contribution in [0, 0.1) is 22.2 Å². The molecule has 0 spiro atoms. The van der Waals surface area contributed by atoms with Gasteiger partial charge < -0.3 is 5.41 Å². The Morgan fingerprint density at radius 2 is 2.08 bits per heavy atom. The van der Waals surface area contributed by atoms with Gasteiger partial charge in [-0.15, -0.1) is 0 Å². The average molecular weight is 164 g/mol. The fourth-order valence-electron chi connectivity index (χ4n) is 1.34. The SMILES string of the molecule is C/C=C(\C)C(C#N)(CC)C(C)=N. The monoisotopic (exact) mass is 164 g/mol. The molecule has 1 unspecified atom stereocenters. The lowest BCUT2D eigenvalue weighted by Crippen LogP contribution is -2.27. The summed E-state index contributed by atoms with van der Waals surface area (Å²) in [5.74, 6) is 0. The second-order valence-electron chi connectivity index (χ2n) is 2.97. The summed E-state index contributed by atoms with van der Waals surface area (Å²) in [6.07, 6.45) is 2.58. The van der Waals surface area contributed by atoms with Crippen molar-refractivity contribution in [2.45, 2.75) is 34.1 Å². The molecule has 12 heavy (non-hydrogen) atoms. The van der Waals surface area contributed by atoms with Crippen LogP contribution in [0.2, 0.25) is 0 Å². The highest BCUT2D eigenvalue weighted by Crippen LogP contribution is 2.31. The lowest BCUT2D eigenvalue weighted by Gasteiger charge is -2.24. The second-order valence-corrected chi connectivity index (χ2v) is 2.97. The van der Waals surface area contributed by atoms with Crippen LogP contribution in [-0.4, -0.2) is 5.71 Å². The van der Waals surface area contributed by atoms with Crippen molar-refractivity contribution in [2.75, 3.05) is 0 Å². The van der Waals surface area contributed by atoms with Crippen molar-refractivity contribution in [2.24, 2.45) is 5.41 Å². The molecule has 0 aromatic heterocycles. The molecule has 0 bridgehead atoms. The van der Waals surface area contributed by atoms with E-state index >= 15 is 0 Å². The summed E-state index contributed by atoms with van der Waals surface area (Å²) in [6.45, 7) is 7.44. The van der Waals surface area contributed by atoms with Crippen molar-refractivity contribution >= 4 is 5.71 Å². The second kappa shape index (κ2) is 4.06. The number of nitrogens with one attached hydrogen (secondary N) is 1. The Morgan fingerprint density at radius 1 is 1.58 bits per heavy atom. The van der Waals surface area contributed by atoms with Crippen molar-refractivity contribution in [3.05, 3.63) is 11.6 Å². The van der Waals surface area contributed by atoms with E-state index in [1.807, 2.05) is 26.8 Å². The Labute approximate surface area is 74.4 Å². The first-order chi connectivity index (χ1) is 5.55. The molecule has 0 amide bonds. The predicted molar refractivity (Wildman–Crippen MR) is 51.2 cm³/mol. The molecule has 0 rings (SSSR count). The van der Waals surface area contributed by atoms with Gasteiger partial charge in [0.25, 0.3) is 0 Å². The van der Waals surface area contributed by atoms with Gasteiger partial charge in [-0.3, -0.25) is 0 Å². The highest BCUT2D eigenvalue weighted by Gasteiger charge is 2.31. The summed E-state index contributed by atoms with van der Waals surface area (Å²) in [5, 5.41) is 16.6. The van der Waals surface area contributed by atoms with E-state index in [0.29, 0.717) is 12.1 Å². The van der Waals surface area contributed by atoms with E-state index in [-0.39, 0.29) is 0 Å². The van der Waals surface area contributed by atoms with Crippen LogP contribution in [0.4, 0.5) is 0 Å². The van der Waals surface area contributed by atoms with Crippen molar-refractivity contribution in [1.29, 1.82) is 10.7 Å². The highest BCUT2D eigenvalue weighted by molar-refractivity contribution is 5.90. The molecular formula is C10H16N2. The lowest BCUT2D eigenvalue weighted by molar-refractivity contribution is 0.612. The Balaban J connectivity index is 5.14. The van der Waals surface area contributed by atoms with Crippen LogP contribution < -0.4 is 0 Å².